The number of amides is 2. The molecule has 1 aromatic rings. The van der Waals surface area contributed by atoms with Crippen molar-refractivity contribution in [3.8, 4) is 0 Å². The maximum absolute atomic E-state index is 12.3. The molecular formula is C14H20N4O2S. The van der Waals surface area contributed by atoms with E-state index in [0.29, 0.717) is 30.4 Å². The fourth-order valence-corrected chi connectivity index (χ4v) is 3.83. The first-order valence-electron chi connectivity index (χ1n) is 7.27. The topological polar surface area (TPSA) is 79.5 Å². The highest BCUT2D eigenvalue weighted by Crippen LogP contribution is 2.32. The number of nitrogen functional groups attached to an aromatic ring is 1. The molecule has 2 atom stereocenters. The van der Waals surface area contributed by atoms with Crippen LogP contribution in [0.2, 0.25) is 0 Å². The van der Waals surface area contributed by atoms with Gasteiger partial charge in [-0.25, -0.2) is 4.98 Å². The summed E-state index contributed by atoms with van der Waals surface area (Å²) in [6.45, 7) is 2.11. The van der Waals surface area contributed by atoms with Gasteiger partial charge in [0.1, 0.15) is 0 Å². The molecule has 2 amide bonds. The van der Waals surface area contributed by atoms with Crippen LogP contribution in [-0.2, 0) is 16.0 Å². The number of aryl methyl sites for hydroxylation is 1. The van der Waals surface area contributed by atoms with Gasteiger partial charge in [0.05, 0.1) is 11.6 Å². The molecule has 6 nitrogen and oxygen atoms in total. The number of anilines is 1. The molecule has 2 saturated heterocycles. The SMILES string of the molecule is CN1CC[C@@H]2CN(C(=O)CCc3csc(N)n3)C[C@@H]2C1=O. The number of nitrogens with zero attached hydrogens (tertiary/aromatic N) is 3. The lowest BCUT2D eigenvalue weighted by Gasteiger charge is -2.30. The molecule has 0 aromatic carbocycles. The minimum Gasteiger partial charge on any atom is -0.375 e. The van der Waals surface area contributed by atoms with E-state index in [9.17, 15) is 9.59 Å². The summed E-state index contributed by atoms with van der Waals surface area (Å²) in [5, 5.41) is 2.43. The van der Waals surface area contributed by atoms with Crippen LogP contribution < -0.4 is 5.73 Å². The average Bonchev–Trinajstić information content (AvgIpc) is 3.07. The zero-order valence-corrected chi connectivity index (χ0v) is 12.9. The molecule has 0 aliphatic carbocycles. The Bertz CT molecular complexity index is 559. The molecule has 0 radical (unpaired) electrons. The molecule has 7 heteroatoms. The van der Waals surface area contributed by atoms with Gasteiger partial charge in [0.15, 0.2) is 5.13 Å². The molecule has 21 heavy (non-hydrogen) atoms. The summed E-state index contributed by atoms with van der Waals surface area (Å²) in [5.74, 6) is 0.649. The summed E-state index contributed by atoms with van der Waals surface area (Å²) in [6.07, 6.45) is 2.05. The van der Waals surface area contributed by atoms with E-state index in [-0.39, 0.29) is 17.7 Å². The third kappa shape index (κ3) is 2.88. The van der Waals surface area contributed by atoms with Crippen molar-refractivity contribution in [3.63, 3.8) is 0 Å². The average molecular weight is 308 g/mol. The highest BCUT2D eigenvalue weighted by atomic mass is 32.1. The molecule has 0 spiro atoms. The second-order valence-electron chi connectivity index (χ2n) is 5.89. The van der Waals surface area contributed by atoms with E-state index in [1.54, 1.807) is 4.90 Å². The van der Waals surface area contributed by atoms with E-state index in [2.05, 4.69) is 4.98 Å². The number of piperidine rings is 1. The highest BCUT2D eigenvalue weighted by Gasteiger charge is 2.42. The Balaban J connectivity index is 1.55. The molecular weight excluding hydrogens is 288 g/mol. The second-order valence-corrected chi connectivity index (χ2v) is 6.78. The van der Waals surface area contributed by atoms with E-state index in [0.717, 1.165) is 25.2 Å². The number of nitrogens with two attached hydrogens (primary N) is 1. The van der Waals surface area contributed by atoms with E-state index in [4.69, 9.17) is 5.73 Å². The van der Waals surface area contributed by atoms with Crippen LogP contribution in [0.1, 0.15) is 18.5 Å². The molecule has 114 valence electrons. The van der Waals surface area contributed by atoms with Crippen molar-refractivity contribution in [1.29, 1.82) is 0 Å². The van der Waals surface area contributed by atoms with Crippen LogP contribution in [-0.4, -0.2) is 53.3 Å². The van der Waals surface area contributed by atoms with Crippen molar-refractivity contribution in [1.82, 2.24) is 14.8 Å². The predicted octanol–water partition coefficient (Wildman–Crippen LogP) is 0.595. The van der Waals surface area contributed by atoms with Gasteiger partial charge in [-0.05, 0) is 18.8 Å². The Morgan fingerprint density at radius 1 is 1.52 bits per heavy atom. The maximum Gasteiger partial charge on any atom is 0.227 e. The largest absolute Gasteiger partial charge is 0.375 e. The molecule has 2 fully saturated rings. The first-order chi connectivity index (χ1) is 10.0. The number of likely N-dealkylation sites (tertiary alicyclic amines) is 2. The van der Waals surface area contributed by atoms with Crippen molar-refractivity contribution in [2.45, 2.75) is 19.3 Å². The molecule has 0 unspecified atom stereocenters. The number of rotatable bonds is 3. The third-order valence-corrected chi connectivity index (χ3v) is 5.21. The van der Waals surface area contributed by atoms with E-state index in [1.807, 2.05) is 17.3 Å². The number of hydrogen-bond acceptors (Lipinski definition) is 5. The minimum absolute atomic E-state index is 0.00242. The van der Waals surface area contributed by atoms with Crippen LogP contribution in [0, 0.1) is 11.8 Å². The smallest absolute Gasteiger partial charge is 0.227 e. The van der Waals surface area contributed by atoms with Gasteiger partial charge >= 0.3 is 0 Å². The second kappa shape index (κ2) is 5.63. The van der Waals surface area contributed by atoms with Gasteiger partial charge in [0.25, 0.3) is 0 Å². The van der Waals surface area contributed by atoms with E-state index >= 15 is 0 Å². The van der Waals surface area contributed by atoms with Crippen LogP contribution in [0.4, 0.5) is 5.13 Å². The molecule has 3 heterocycles. The number of hydrogen-bond donors (Lipinski definition) is 1. The van der Waals surface area contributed by atoms with Crippen LogP contribution in [0.15, 0.2) is 5.38 Å². The fraction of sp³-hybridized carbons (Fsp3) is 0.643. The Morgan fingerprint density at radius 3 is 3.05 bits per heavy atom. The van der Waals surface area contributed by atoms with Crippen molar-refractivity contribution in [2.75, 3.05) is 32.4 Å². The van der Waals surface area contributed by atoms with E-state index in [1.165, 1.54) is 11.3 Å². The van der Waals surface area contributed by atoms with Crippen molar-refractivity contribution >= 4 is 28.3 Å². The molecule has 0 bridgehead atoms. The van der Waals surface area contributed by atoms with Crippen LogP contribution in [0.25, 0.3) is 0 Å². The van der Waals surface area contributed by atoms with Gasteiger partial charge < -0.3 is 15.5 Å². The summed E-state index contributed by atoms with van der Waals surface area (Å²) in [4.78, 5) is 32.2. The minimum atomic E-state index is 0.00242. The summed E-state index contributed by atoms with van der Waals surface area (Å²) >= 11 is 1.40. The Kier molecular flexibility index (Phi) is 3.84. The standard InChI is InChI=1S/C14H20N4O2S/c1-17-5-4-9-6-18(7-11(9)13(17)20)12(19)3-2-10-8-21-14(15)16-10/h8-9,11H,2-7H2,1H3,(H2,15,16)/t9-,11+/m1/s1. The number of carbonyl (C=O) groups is 2. The summed E-state index contributed by atoms with van der Waals surface area (Å²) in [7, 11) is 1.84. The summed E-state index contributed by atoms with van der Waals surface area (Å²) in [6, 6.07) is 0. The number of carbonyl (C=O) groups excluding carboxylic acids is 2. The van der Waals surface area contributed by atoms with Crippen LogP contribution in [0.3, 0.4) is 0 Å². The van der Waals surface area contributed by atoms with Gasteiger partial charge in [0.2, 0.25) is 11.8 Å². The quantitative estimate of drug-likeness (QED) is 0.886. The monoisotopic (exact) mass is 308 g/mol. The highest BCUT2D eigenvalue weighted by molar-refractivity contribution is 7.13. The lowest BCUT2D eigenvalue weighted by atomic mass is 9.88. The van der Waals surface area contributed by atoms with E-state index < -0.39 is 0 Å². The van der Waals surface area contributed by atoms with Crippen LogP contribution >= 0.6 is 11.3 Å². The zero-order chi connectivity index (χ0) is 15.0. The lowest BCUT2D eigenvalue weighted by molar-refractivity contribution is -0.138. The number of fused-ring (bicyclic) bond motifs is 1. The maximum atomic E-state index is 12.3. The Hall–Kier alpha value is -1.63. The first-order valence-corrected chi connectivity index (χ1v) is 8.15. The third-order valence-electron chi connectivity index (χ3n) is 4.49. The lowest BCUT2D eigenvalue weighted by Crippen LogP contribution is -2.42. The van der Waals surface area contributed by atoms with Crippen molar-refractivity contribution in [3.05, 3.63) is 11.1 Å². The Morgan fingerprint density at radius 2 is 2.33 bits per heavy atom. The van der Waals surface area contributed by atoms with Gasteiger partial charge in [0, 0.05) is 38.5 Å². The zero-order valence-electron chi connectivity index (χ0n) is 12.1. The van der Waals surface area contributed by atoms with Crippen LogP contribution in [0.5, 0.6) is 0 Å². The molecule has 2 aliphatic rings. The molecule has 2 aliphatic heterocycles. The molecule has 0 saturated carbocycles. The Labute approximate surface area is 127 Å². The van der Waals surface area contributed by atoms with Crippen molar-refractivity contribution in [2.24, 2.45) is 11.8 Å². The summed E-state index contributed by atoms with van der Waals surface area (Å²) in [5.41, 5.74) is 6.46. The molecule has 2 N–H and O–H groups in total. The van der Waals surface area contributed by atoms with Gasteiger partial charge in [-0.15, -0.1) is 11.3 Å². The first kappa shape index (κ1) is 14.3. The predicted molar refractivity (Wildman–Crippen MR) is 80.7 cm³/mol. The van der Waals surface area contributed by atoms with Gasteiger partial charge in [-0.3, -0.25) is 9.59 Å². The summed E-state index contributed by atoms with van der Waals surface area (Å²) < 4.78 is 0. The molecule has 3 rings (SSSR count). The molecule has 1 aromatic heterocycles. The fourth-order valence-electron chi connectivity index (χ4n) is 3.23. The normalized spacial score (nSPS) is 25.3. The number of aromatic nitrogens is 1. The van der Waals surface area contributed by atoms with Gasteiger partial charge in [-0.1, -0.05) is 0 Å². The van der Waals surface area contributed by atoms with Crippen molar-refractivity contribution < 1.29 is 9.59 Å². The number of thiazole rings is 1. The van der Waals surface area contributed by atoms with Gasteiger partial charge in [-0.2, -0.15) is 0 Å².